The molecule has 15 heavy (non-hydrogen) atoms. The molecule has 0 amide bonds. The van der Waals surface area contributed by atoms with Crippen LogP contribution in [0.2, 0.25) is 0 Å². The Labute approximate surface area is 90.2 Å². The van der Waals surface area contributed by atoms with E-state index >= 15 is 0 Å². The molecule has 1 aliphatic rings. The van der Waals surface area contributed by atoms with Gasteiger partial charge in [-0.2, -0.15) is 4.98 Å². The molecule has 0 aliphatic heterocycles. The van der Waals surface area contributed by atoms with Crippen LogP contribution in [0.4, 0.5) is 0 Å². The standard InChI is InChI=1S/C11H19N3O/c1-4-5-8(12)10-13-9(14-15-10)7-6-11(7,2)3/h7-8H,4-6,12H2,1-3H3/t7?,8-/m1/s1. The molecule has 1 heterocycles. The highest BCUT2D eigenvalue weighted by molar-refractivity contribution is 5.14. The summed E-state index contributed by atoms with van der Waals surface area (Å²) in [5.41, 5.74) is 6.25. The van der Waals surface area contributed by atoms with Gasteiger partial charge in [-0.1, -0.05) is 32.3 Å². The summed E-state index contributed by atoms with van der Waals surface area (Å²) in [6, 6.07) is -0.0990. The molecule has 1 saturated carbocycles. The second-order valence-electron chi connectivity index (χ2n) is 5.13. The molecule has 1 aromatic heterocycles. The van der Waals surface area contributed by atoms with E-state index in [2.05, 4.69) is 30.9 Å². The van der Waals surface area contributed by atoms with Crippen molar-refractivity contribution >= 4 is 0 Å². The number of hydrogen-bond donors (Lipinski definition) is 1. The lowest BCUT2D eigenvalue weighted by Gasteiger charge is -2.02. The Balaban J connectivity index is 2.05. The Kier molecular flexibility index (Phi) is 2.54. The molecule has 2 rings (SSSR count). The number of hydrogen-bond acceptors (Lipinski definition) is 4. The van der Waals surface area contributed by atoms with Crippen molar-refractivity contribution in [1.82, 2.24) is 10.1 Å². The Hall–Kier alpha value is -0.900. The molecule has 2 N–H and O–H groups in total. The minimum absolute atomic E-state index is 0.0990. The maximum atomic E-state index is 5.91. The van der Waals surface area contributed by atoms with Gasteiger partial charge < -0.3 is 10.3 Å². The van der Waals surface area contributed by atoms with Crippen LogP contribution in [0.1, 0.15) is 63.7 Å². The van der Waals surface area contributed by atoms with Crippen molar-refractivity contribution in [3.8, 4) is 0 Å². The first-order valence-corrected chi connectivity index (χ1v) is 5.63. The van der Waals surface area contributed by atoms with Gasteiger partial charge in [0.1, 0.15) is 0 Å². The second kappa shape index (κ2) is 3.59. The van der Waals surface area contributed by atoms with Crippen LogP contribution in [0.5, 0.6) is 0 Å². The first-order chi connectivity index (χ1) is 7.04. The fourth-order valence-corrected chi connectivity index (χ4v) is 1.88. The van der Waals surface area contributed by atoms with Crippen molar-refractivity contribution < 1.29 is 4.52 Å². The lowest BCUT2D eigenvalue weighted by molar-refractivity contribution is 0.343. The zero-order chi connectivity index (χ0) is 11.1. The van der Waals surface area contributed by atoms with Crippen LogP contribution >= 0.6 is 0 Å². The molecule has 4 heteroatoms. The lowest BCUT2D eigenvalue weighted by Crippen LogP contribution is -2.10. The van der Waals surface area contributed by atoms with Crippen LogP contribution in [-0.2, 0) is 0 Å². The van der Waals surface area contributed by atoms with Gasteiger partial charge in [-0.3, -0.25) is 0 Å². The minimum Gasteiger partial charge on any atom is -0.338 e. The molecule has 2 atom stereocenters. The van der Waals surface area contributed by atoms with Crippen LogP contribution in [0.3, 0.4) is 0 Å². The predicted molar refractivity (Wildman–Crippen MR) is 57.3 cm³/mol. The summed E-state index contributed by atoms with van der Waals surface area (Å²) in [5.74, 6) is 1.89. The Bertz CT molecular complexity index is 345. The largest absolute Gasteiger partial charge is 0.338 e. The summed E-state index contributed by atoms with van der Waals surface area (Å²) in [4.78, 5) is 4.38. The van der Waals surface area contributed by atoms with Crippen LogP contribution in [0.25, 0.3) is 0 Å². The first-order valence-electron chi connectivity index (χ1n) is 5.63. The molecule has 84 valence electrons. The van der Waals surface area contributed by atoms with Gasteiger partial charge in [0.15, 0.2) is 5.82 Å². The summed E-state index contributed by atoms with van der Waals surface area (Å²) < 4.78 is 5.19. The maximum Gasteiger partial charge on any atom is 0.243 e. The van der Waals surface area contributed by atoms with Crippen LogP contribution in [0.15, 0.2) is 4.52 Å². The monoisotopic (exact) mass is 209 g/mol. The molecule has 0 saturated heterocycles. The van der Waals surface area contributed by atoms with E-state index in [0.29, 0.717) is 17.2 Å². The van der Waals surface area contributed by atoms with E-state index in [0.717, 1.165) is 25.1 Å². The quantitative estimate of drug-likeness (QED) is 0.826. The molecule has 1 fully saturated rings. The molecule has 0 radical (unpaired) electrons. The van der Waals surface area contributed by atoms with Crippen molar-refractivity contribution in [3.05, 3.63) is 11.7 Å². The summed E-state index contributed by atoms with van der Waals surface area (Å²) in [6.45, 7) is 6.54. The third-order valence-corrected chi connectivity index (χ3v) is 3.20. The SMILES string of the molecule is CCC[C@@H](N)c1nc(C2CC2(C)C)no1. The molecular weight excluding hydrogens is 190 g/mol. The van der Waals surface area contributed by atoms with Gasteiger partial charge in [0, 0.05) is 5.92 Å². The molecule has 4 nitrogen and oxygen atoms in total. The summed E-state index contributed by atoms with van der Waals surface area (Å²) in [7, 11) is 0. The van der Waals surface area contributed by atoms with Crippen molar-refractivity contribution in [1.29, 1.82) is 0 Å². The highest BCUT2D eigenvalue weighted by Crippen LogP contribution is 2.57. The van der Waals surface area contributed by atoms with E-state index in [1.165, 1.54) is 0 Å². The lowest BCUT2D eigenvalue weighted by atomic mass is 10.1. The normalized spacial score (nSPS) is 25.2. The highest BCUT2D eigenvalue weighted by Gasteiger charge is 2.49. The first kappa shape index (κ1) is 10.6. The molecule has 0 bridgehead atoms. The fraction of sp³-hybridized carbons (Fsp3) is 0.818. The minimum atomic E-state index is -0.0990. The van der Waals surface area contributed by atoms with Crippen LogP contribution in [0, 0.1) is 5.41 Å². The van der Waals surface area contributed by atoms with Gasteiger partial charge in [-0.15, -0.1) is 0 Å². The molecule has 0 aromatic carbocycles. The van der Waals surface area contributed by atoms with E-state index in [9.17, 15) is 0 Å². The number of nitrogens with zero attached hydrogens (tertiary/aromatic N) is 2. The highest BCUT2D eigenvalue weighted by atomic mass is 16.5. The molecule has 1 unspecified atom stereocenters. The van der Waals surface area contributed by atoms with Crippen molar-refractivity contribution in [3.63, 3.8) is 0 Å². The van der Waals surface area contributed by atoms with Crippen molar-refractivity contribution in [2.24, 2.45) is 11.1 Å². The average Bonchev–Trinajstić information content (AvgIpc) is 2.66. The molecule has 0 spiro atoms. The summed E-state index contributed by atoms with van der Waals surface area (Å²) in [5, 5.41) is 4.01. The Morgan fingerprint density at radius 3 is 2.80 bits per heavy atom. The van der Waals surface area contributed by atoms with Gasteiger partial charge in [-0.25, -0.2) is 0 Å². The third-order valence-electron chi connectivity index (χ3n) is 3.20. The topological polar surface area (TPSA) is 64.9 Å². The molecular formula is C11H19N3O. The molecule has 1 aliphatic carbocycles. The number of aromatic nitrogens is 2. The number of rotatable bonds is 4. The Morgan fingerprint density at radius 2 is 2.27 bits per heavy atom. The van der Waals surface area contributed by atoms with Gasteiger partial charge in [0.25, 0.3) is 0 Å². The van der Waals surface area contributed by atoms with Gasteiger partial charge in [0.2, 0.25) is 5.89 Å². The molecule has 1 aromatic rings. The van der Waals surface area contributed by atoms with Gasteiger partial charge in [0.05, 0.1) is 6.04 Å². The second-order valence-corrected chi connectivity index (χ2v) is 5.13. The van der Waals surface area contributed by atoms with Gasteiger partial charge >= 0.3 is 0 Å². The van der Waals surface area contributed by atoms with Crippen molar-refractivity contribution in [2.75, 3.05) is 0 Å². The summed E-state index contributed by atoms with van der Waals surface area (Å²) in [6.07, 6.45) is 3.08. The van der Waals surface area contributed by atoms with Crippen molar-refractivity contribution in [2.45, 2.75) is 52.0 Å². The van der Waals surface area contributed by atoms with E-state index in [1.54, 1.807) is 0 Å². The Morgan fingerprint density at radius 1 is 1.60 bits per heavy atom. The van der Waals surface area contributed by atoms with E-state index in [1.807, 2.05) is 0 Å². The number of nitrogens with two attached hydrogens (primary N) is 1. The van der Waals surface area contributed by atoms with E-state index in [-0.39, 0.29) is 6.04 Å². The zero-order valence-electron chi connectivity index (χ0n) is 9.66. The smallest absolute Gasteiger partial charge is 0.243 e. The fourth-order valence-electron chi connectivity index (χ4n) is 1.88. The van der Waals surface area contributed by atoms with Crippen LogP contribution in [-0.4, -0.2) is 10.1 Å². The predicted octanol–water partition coefficient (Wildman–Crippen LogP) is 2.38. The zero-order valence-corrected chi connectivity index (χ0v) is 9.66. The average molecular weight is 209 g/mol. The van der Waals surface area contributed by atoms with Crippen LogP contribution < -0.4 is 5.73 Å². The summed E-state index contributed by atoms with van der Waals surface area (Å²) >= 11 is 0. The van der Waals surface area contributed by atoms with E-state index < -0.39 is 0 Å². The van der Waals surface area contributed by atoms with E-state index in [4.69, 9.17) is 10.3 Å². The maximum absolute atomic E-state index is 5.91. The van der Waals surface area contributed by atoms with Gasteiger partial charge in [-0.05, 0) is 18.3 Å². The third kappa shape index (κ3) is 2.04.